The van der Waals surface area contributed by atoms with Crippen molar-refractivity contribution in [1.29, 1.82) is 0 Å². The van der Waals surface area contributed by atoms with Crippen molar-refractivity contribution < 1.29 is 24.4 Å². The molecule has 0 aliphatic heterocycles. The molecule has 1 aromatic carbocycles. The minimum Gasteiger partial charge on any atom is -0.493 e. The molecule has 0 radical (unpaired) electrons. The van der Waals surface area contributed by atoms with Crippen LogP contribution >= 0.6 is 0 Å². The highest BCUT2D eigenvalue weighted by Crippen LogP contribution is 2.42. The summed E-state index contributed by atoms with van der Waals surface area (Å²) in [5, 5.41) is 20.1. The van der Waals surface area contributed by atoms with E-state index in [2.05, 4.69) is 51.5 Å². The van der Waals surface area contributed by atoms with Gasteiger partial charge in [-0.3, -0.25) is 9.97 Å². The third-order valence-corrected chi connectivity index (χ3v) is 5.91. The first kappa shape index (κ1) is 26.7. The second-order valence-electron chi connectivity index (χ2n) is 11.2. The second-order valence-corrected chi connectivity index (χ2v) is 11.2. The lowest BCUT2D eigenvalue weighted by Gasteiger charge is -2.31. The number of nitrogens with zero attached hydrogens (tertiary/aromatic N) is 2. The summed E-state index contributed by atoms with van der Waals surface area (Å²) in [4.78, 5) is 8.99. The highest BCUT2D eigenvalue weighted by atomic mass is 16.5. The first-order valence-corrected chi connectivity index (χ1v) is 11.9. The average molecular weight is 483 g/mol. The van der Waals surface area contributed by atoms with Gasteiger partial charge < -0.3 is 24.4 Å². The molecule has 7 heteroatoms. The van der Waals surface area contributed by atoms with Crippen LogP contribution in [0.5, 0.6) is 23.0 Å². The molecule has 190 valence electrons. The fraction of sp³-hybridized carbons (Fsp3) is 0.500. The number of aliphatic hydroxyl groups excluding tert-OH is 1. The minimum absolute atomic E-state index is 0.0918. The summed E-state index contributed by atoms with van der Waals surface area (Å²) in [5.74, 6) is 2.38. The van der Waals surface area contributed by atoms with E-state index in [9.17, 15) is 10.2 Å². The van der Waals surface area contributed by atoms with Gasteiger partial charge in [0.1, 0.15) is 11.5 Å². The molecule has 0 spiro atoms. The Hall–Kier alpha value is -2.90. The highest BCUT2D eigenvalue weighted by Gasteiger charge is 2.29. The topological polar surface area (TPSA) is 93.9 Å². The predicted molar refractivity (Wildman–Crippen MR) is 138 cm³/mol. The van der Waals surface area contributed by atoms with E-state index in [1.807, 2.05) is 18.3 Å². The molecule has 7 nitrogen and oxygen atoms in total. The van der Waals surface area contributed by atoms with Crippen LogP contribution in [-0.4, -0.2) is 46.1 Å². The fourth-order valence-corrected chi connectivity index (χ4v) is 3.93. The molecule has 0 aliphatic rings. The van der Waals surface area contributed by atoms with Gasteiger partial charge in [-0.1, -0.05) is 41.5 Å². The molecule has 2 N–H and O–H groups in total. The van der Waals surface area contributed by atoms with E-state index in [1.54, 1.807) is 32.5 Å². The van der Waals surface area contributed by atoms with Gasteiger partial charge in [0, 0.05) is 35.8 Å². The number of hydrogen-bond donors (Lipinski definition) is 2. The van der Waals surface area contributed by atoms with E-state index < -0.39 is 5.60 Å². The molecule has 2 heterocycles. The number of methoxy groups -OCH3 is 1. The van der Waals surface area contributed by atoms with Gasteiger partial charge in [-0.25, -0.2) is 0 Å². The molecule has 0 fully saturated rings. The van der Waals surface area contributed by atoms with Crippen LogP contribution in [-0.2, 0) is 10.8 Å². The molecule has 0 unspecified atom stereocenters. The van der Waals surface area contributed by atoms with Crippen molar-refractivity contribution in [3.8, 4) is 23.0 Å². The number of hydrogen-bond acceptors (Lipinski definition) is 7. The van der Waals surface area contributed by atoms with Gasteiger partial charge >= 0.3 is 0 Å². The molecule has 2 aromatic heterocycles. The first-order chi connectivity index (χ1) is 16.3. The van der Waals surface area contributed by atoms with Gasteiger partial charge in [-0.2, -0.15) is 0 Å². The van der Waals surface area contributed by atoms with E-state index in [1.165, 1.54) is 0 Å². The Kier molecular flexibility index (Phi) is 7.62. The van der Waals surface area contributed by atoms with E-state index in [0.29, 0.717) is 28.5 Å². The number of ether oxygens (including phenoxy) is 3. The lowest BCUT2D eigenvalue weighted by atomic mass is 9.76. The number of fused-ring (bicyclic) bond motifs is 1. The maximum atomic E-state index is 10.0. The Morgan fingerprint density at radius 1 is 0.886 bits per heavy atom. The van der Waals surface area contributed by atoms with Crippen molar-refractivity contribution in [1.82, 2.24) is 9.97 Å². The fourth-order valence-electron chi connectivity index (χ4n) is 3.93. The standard InChI is InChI=1S/C28H38N2O5/c1-26(2,3)19-15-29-16-24(25(19)27(4,5)6)35-21-9-11-30-20-14-23(22(33-8)13-18(20)21)34-12-10-28(7,32)17-31/h9,11,13-16,31-32H,10,12,17H2,1-8H3/t28-/m0/s1. The van der Waals surface area contributed by atoms with Crippen molar-refractivity contribution in [3.05, 3.63) is 47.9 Å². The van der Waals surface area contributed by atoms with Crippen molar-refractivity contribution >= 4 is 10.9 Å². The lowest BCUT2D eigenvalue weighted by molar-refractivity contribution is -0.0140. The monoisotopic (exact) mass is 482 g/mol. The summed E-state index contributed by atoms with van der Waals surface area (Å²) in [6, 6.07) is 5.47. The van der Waals surface area contributed by atoms with Crippen LogP contribution in [0, 0.1) is 0 Å². The Labute approximate surface area is 208 Å². The van der Waals surface area contributed by atoms with Gasteiger partial charge in [-0.05, 0) is 35.4 Å². The molecule has 0 amide bonds. The summed E-state index contributed by atoms with van der Waals surface area (Å²) < 4.78 is 17.9. The van der Waals surface area contributed by atoms with Crippen molar-refractivity contribution in [2.24, 2.45) is 0 Å². The van der Waals surface area contributed by atoms with Gasteiger partial charge in [0.25, 0.3) is 0 Å². The van der Waals surface area contributed by atoms with Gasteiger partial charge in [0.15, 0.2) is 11.5 Å². The smallest absolute Gasteiger partial charge is 0.163 e. The molecule has 3 rings (SSSR count). The Morgan fingerprint density at radius 2 is 1.60 bits per heavy atom. The third kappa shape index (κ3) is 6.21. The van der Waals surface area contributed by atoms with Crippen LogP contribution in [0.2, 0.25) is 0 Å². The zero-order chi connectivity index (χ0) is 26.0. The number of benzene rings is 1. The van der Waals surface area contributed by atoms with E-state index in [-0.39, 0.29) is 30.5 Å². The molecule has 35 heavy (non-hydrogen) atoms. The maximum absolute atomic E-state index is 10.0. The summed E-state index contributed by atoms with van der Waals surface area (Å²) >= 11 is 0. The third-order valence-electron chi connectivity index (χ3n) is 5.91. The van der Waals surface area contributed by atoms with E-state index >= 15 is 0 Å². The summed E-state index contributed by atoms with van der Waals surface area (Å²) in [6.45, 7) is 14.5. The van der Waals surface area contributed by atoms with Gasteiger partial charge in [0.05, 0.1) is 37.6 Å². The van der Waals surface area contributed by atoms with Crippen LogP contribution in [0.3, 0.4) is 0 Å². The van der Waals surface area contributed by atoms with Crippen molar-refractivity contribution in [2.75, 3.05) is 20.3 Å². The Bertz CT molecular complexity index is 1180. The summed E-state index contributed by atoms with van der Waals surface area (Å²) in [7, 11) is 1.57. The van der Waals surface area contributed by atoms with Crippen molar-refractivity contribution in [3.63, 3.8) is 0 Å². The highest BCUT2D eigenvalue weighted by molar-refractivity contribution is 5.88. The predicted octanol–water partition coefficient (Wildman–Crippen LogP) is 5.54. The normalized spacial score (nSPS) is 14.0. The summed E-state index contributed by atoms with van der Waals surface area (Å²) in [5.41, 5.74) is 1.50. The summed E-state index contributed by atoms with van der Waals surface area (Å²) in [6.07, 6.45) is 5.67. The molecule has 0 saturated heterocycles. The largest absolute Gasteiger partial charge is 0.493 e. The number of aliphatic hydroxyl groups is 2. The average Bonchev–Trinajstić information content (AvgIpc) is 2.77. The van der Waals surface area contributed by atoms with Gasteiger partial charge in [0.2, 0.25) is 0 Å². The molecule has 0 bridgehead atoms. The minimum atomic E-state index is -1.20. The number of aromatic nitrogens is 2. The van der Waals surface area contributed by atoms with Crippen LogP contribution < -0.4 is 14.2 Å². The van der Waals surface area contributed by atoms with E-state index in [0.717, 1.165) is 16.5 Å². The lowest BCUT2D eigenvalue weighted by Crippen LogP contribution is -2.31. The van der Waals surface area contributed by atoms with E-state index in [4.69, 9.17) is 14.2 Å². The molecule has 3 aromatic rings. The van der Waals surface area contributed by atoms with Crippen LogP contribution in [0.4, 0.5) is 0 Å². The molecular formula is C28H38N2O5. The van der Waals surface area contributed by atoms with Crippen molar-refractivity contribution in [2.45, 2.75) is 71.3 Å². The molecular weight excluding hydrogens is 444 g/mol. The Morgan fingerprint density at radius 3 is 2.20 bits per heavy atom. The van der Waals surface area contributed by atoms with Crippen LogP contribution in [0.25, 0.3) is 10.9 Å². The molecule has 1 atom stereocenters. The zero-order valence-corrected chi connectivity index (χ0v) is 22.1. The quantitative estimate of drug-likeness (QED) is 0.435. The second kappa shape index (κ2) is 9.99. The van der Waals surface area contributed by atoms with Gasteiger partial charge in [-0.15, -0.1) is 0 Å². The first-order valence-electron chi connectivity index (χ1n) is 11.9. The SMILES string of the molecule is COc1cc2c(Oc3cncc(C(C)(C)C)c3C(C)(C)C)ccnc2cc1OCC[C@](C)(O)CO. The Balaban J connectivity index is 2.03. The van der Waals surface area contributed by atoms with Crippen LogP contribution in [0.1, 0.15) is 66.0 Å². The number of rotatable bonds is 8. The molecule has 0 saturated carbocycles. The maximum Gasteiger partial charge on any atom is 0.163 e. The zero-order valence-electron chi connectivity index (χ0n) is 22.1. The number of pyridine rings is 2. The van der Waals surface area contributed by atoms with Crippen LogP contribution in [0.15, 0.2) is 36.8 Å². The molecule has 0 aliphatic carbocycles.